The second kappa shape index (κ2) is 8.63. The molecule has 0 radical (unpaired) electrons. The summed E-state index contributed by atoms with van der Waals surface area (Å²) in [7, 11) is 1.28. The van der Waals surface area contributed by atoms with Gasteiger partial charge in [-0.1, -0.05) is 52.0 Å². The number of aliphatic hydroxyl groups excluding tert-OH is 1. The summed E-state index contributed by atoms with van der Waals surface area (Å²) >= 11 is 0. The molecule has 0 aromatic rings. The highest BCUT2D eigenvalue weighted by Crippen LogP contribution is 2.51. The summed E-state index contributed by atoms with van der Waals surface area (Å²) in [5, 5.41) is 17.2. The Bertz CT molecular complexity index is 829. The molecule has 2 unspecified atom stereocenters. The second-order valence-corrected chi connectivity index (χ2v) is 9.56. The van der Waals surface area contributed by atoms with E-state index >= 15 is 0 Å². The number of aliphatic hydroxyl groups is 1. The van der Waals surface area contributed by atoms with Crippen LogP contribution in [-0.2, 0) is 9.53 Å². The summed E-state index contributed by atoms with van der Waals surface area (Å²) in [5.41, 5.74) is -3.26. The second-order valence-electron chi connectivity index (χ2n) is 9.56. The Labute approximate surface area is 181 Å². The normalized spacial score (nSPS) is 22.0. The number of ether oxygens (including phenoxy) is 1. The summed E-state index contributed by atoms with van der Waals surface area (Å²) in [5.74, 6) is -1.61. The lowest BCUT2D eigenvalue weighted by Crippen LogP contribution is -2.36. The Balaban J connectivity index is 2.11. The first-order chi connectivity index (χ1) is 14.2. The van der Waals surface area contributed by atoms with Crippen LogP contribution in [0.2, 0.25) is 0 Å². The summed E-state index contributed by atoms with van der Waals surface area (Å²) in [6.45, 7) is 11.6. The SMILES string of the molecule is C=CC(C)(C)CC(C)(C)C(C(=O)OC)/C(O)=C/CC1C=CC(C2(C(F)(F)F)N=N2)=CC1. The number of carbonyl (C=O) groups is 1. The van der Waals surface area contributed by atoms with Crippen LogP contribution in [0.5, 0.6) is 0 Å². The summed E-state index contributed by atoms with van der Waals surface area (Å²) in [6, 6.07) is 0. The quantitative estimate of drug-likeness (QED) is 0.254. The van der Waals surface area contributed by atoms with Crippen molar-refractivity contribution in [2.75, 3.05) is 7.11 Å². The van der Waals surface area contributed by atoms with Crippen LogP contribution in [0.15, 0.2) is 58.5 Å². The fraction of sp³-hybridized carbons (Fsp3) is 0.609. The number of hydrogen-bond donors (Lipinski definition) is 1. The van der Waals surface area contributed by atoms with E-state index in [1.165, 1.54) is 19.3 Å². The van der Waals surface area contributed by atoms with Gasteiger partial charge in [0.25, 0.3) is 0 Å². The van der Waals surface area contributed by atoms with E-state index < -0.39 is 29.1 Å². The van der Waals surface area contributed by atoms with Gasteiger partial charge in [0.1, 0.15) is 11.7 Å². The maximum Gasteiger partial charge on any atom is 0.442 e. The van der Waals surface area contributed by atoms with Crippen LogP contribution in [0.1, 0.15) is 47.0 Å². The molecule has 8 heteroatoms. The number of halogens is 3. The smallest absolute Gasteiger partial charge is 0.442 e. The minimum Gasteiger partial charge on any atom is -0.512 e. The van der Waals surface area contributed by atoms with Gasteiger partial charge in [-0.05, 0) is 42.1 Å². The van der Waals surface area contributed by atoms with Gasteiger partial charge >= 0.3 is 17.8 Å². The first kappa shape index (κ1) is 24.9. The fourth-order valence-corrected chi connectivity index (χ4v) is 4.24. The van der Waals surface area contributed by atoms with Crippen molar-refractivity contribution < 1.29 is 27.8 Å². The number of methoxy groups -OCH3 is 1. The molecule has 0 spiro atoms. The van der Waals surface area contributed by atoms with Crippen molar-refractivity contribution in [3.8, 4) is 0 Å². The molecular formula is C23H31F3N2O3. The molecule has 2 aliphatic rings. The van der Waals surface area contributed by atoms with E-state index in [1.807, 2.05) is 33.8 Å². The first-order valence-corrected chi connectivity index (χ1v) is 10.2. The minimum absolute atomic E-state index is 0.0182. The van der Waals surface area contributed by atoms with Gasteiger partial charge < -0.3 is 9.84 Å². The van der Waals surface area contributed by atoms with Crippen LogP contribution in [0, 0.1) is 22.7 Å². The lowest BCUT2D eigenvalue weighted by Gasteiger charge is -2.37. The van der Waals surface area contributed by atoms with Crippen molar-refractivity contribution in [3.05, 3.63) is 48.3 Å². The molecule has 0 aromatic heterocycles. The maximum absolute atomic E-state index is 13.1. The molecule has 1 heterocycles. The number of allylic oxidation sites excluding steroid dienone is 4. The van der Waals surface area contributed by atoms with Gasteiger partial charge in [-0.25, -0.2) is 0 Å². The molecule has 1 aliphatic carbocycles. The van der Waals surface area contributed by atoms with Gasteiger partial charge in [-0.3, -0.25) is 4.79 Å². The topological polar surface area (TPSA) is 71.2 Å². The molecule has 0 saturated carbocycles. The molecule has 2 atom stereocenters. The van der Waals surface area contributed by atoms with Crippen LogP contribution in [-0.4, -0.2) is 30.0 Å². The van der Waals surface area contributed by atoms with E-state index in [0.29, 0.717) is 19.3 Å². The van der Waals surface area contributed by atoms with Crippen molar-refractivity contribution in [3.63, 3.8) is 0 Å². The maximum atomic E-state index is 13.1. The third-order valence-electron chi connectivity index (χ3n) is 5.89. The zero-order chi connectivity index (χ0) is 23.7. The molecule has 172 valence electrons. The van der Waals surface area contributed by atoms with E-state index in [2.05, 4.69) is 16.8 Å². The van der Waals surface area contributed by atoms with E-state index in [1.54, 1.807) is 12.2 Å². The summed E-state index contributed by atoms with van der Waals surface area (Å²) in [4.78, 5) is 12.5. The molecule has 0 bridgehead atoms. The molecule has 0 aromatic carbocycles. The summed E-state index contributed by atoms with van der Waals surface area (Å²) < 4.78 is 44.3. The predicted octanol–water partition coefficient (Wildman–Crippen LogP) is 6.46. The Morgan fingerprint density at radius 1 is 1.35 bits per heavy atom. The number of rotatable bonds is 9. The van der Waals surface area contributed by atoms with E-state index in [9.17, 15) is 23.1 Å². The van der Waals surface area contributed by atoms with E-state index in [-0.39, 0.29) is 22.7 Å². The number of nitrogens with zero attached hydrogens (tertiary/aromatic N) is 2. The van der Waals surface area contributed by atoms with Gasteiger partial charge in [0.2, 0.25) is 0 Å². The Hall–Kier alpha value is -2.38. The van der Waals surface area contributed by atoms with Crippen LogP contribution in [0.4, 0.5) is 13.2 Å². The van der Waals surface area contributed by atoms with Gasteiger partial charge in [-0.2, -0.15) is 13.2 Å². The molecule has 1 N–H and O–H groups in total. The highest BCUT2D eigenvalue weighted by Gasteiger charge is 2.65. The first-order valence-electron chi connectivity index (χ1n) is 10.2. The van der Waals surface area contributed by atoms with E-state index in [0.717, 1.165) is 0 Å². The highest BCUT2D eigenvalue weighted by atomic mass is 19.4. The largest absolute Gasteiger partial charge is 0.512 e. The van der Waals surface area contributed by atoms with Crippen LogP contribution in [0.25, 0.3) is 0 Å². The lowest BCUT2D eigenvalue weighted by molar-refractivity contribution is -0.153. The fourth-order valence-electron chi connectivity index (χ4n) is 4.24. The third-order valence-corrected chi connectivity index (χ3v) is 5.89. The number of carbonyl (C=O) groups excluding carboxylic acids is 1. The molecule has 31 heavy (non-hydrogen) atoms. The Kier molecular flexibility index (Phi) is 6.93. The molecule has 1 aliphatic heterocycles. The van der Waals surface area contributed by atoms with Gasteiger partial charge in [-0.15, -0.1) is 16.8 Å². The van der Waals surface area contributed by atoms with Gasteiger partial charge in [0.15, 0.2) is 0 Å². The predicted molar refractivity (Wildman–Crippen MR) is 112 cm³/mol. The Morgan fingerprint density at radius 3 is 2.39 bits per heavy atom. The van der Waals surface area contributed by atoms with Crippen LogP contribution in [0.3, 0.4) is 0 Å². The number of alkyl halides is 3. The standard InChI is InChI=1S/C23H31F3N2O3/c1-7-20(2,3)14-21(4,5)18(19(30)31-6)17(29)13-10-15-8-11-16(12-9-15)22(27-28-22)23(24,25)26/h7-8,11-13,15,18,29H,1,9-10,14H2,2-6H3/b17-13-. The van der Waals surface area contributed by atoms with Crippen molar-refractivity contribution in [2.45, 2.75) is 58.8 Å². The molecule has 5 nitrogen and oxygen atoms in total. The van der Waals surface area contributed by atoms with Crippen molar-refractivity contribution in [1.82, 2.24) is 0 Å². The lowest BCUT2D eigenvalue weighted by atomic mass is 9.67. The number of esters is 1. The molecule has 2 rings (SSSR count). The van der Waals surface area contributed by atoms with Crippen molar-refractivity contribution in [1.29, 1.82) is 0 Å². The van der Waals surface area contributed by atoms with Crippen LogP contribution >= 0.6 is 0 Å². The summed E-state index contributed by atoms with van der Waals surface area (Å²) in [6.07, 6.45) is 4.67. The molecule has 0 amide bonds. The van der Waals surface area contributed by atoms with Gasteiger partial charge in [0, 0.05) is 5.57 Å². The zero-order valence-electron chi connectivity index (χ0n) is 18.7. The average molecular weight is 441 g/mol. The minimum atomic E-state index is -4.55. The van der Waals surface area contributed by atoms with Crippen molar-refractivity contribution in [2.24, 2.45) is 32.9 Å². The van der Waals surface area contributed by atoms with Gasteiger partial charge in [0.05, 0.1) is 7.11 Å². The molecule has 0 saturated heterocycles. The third kappa shape index (κ3) is 5.46. The van der Waals surface area contributed by atoms with Crippen LogP contribution < -0.4 is 0 Å². The monoisotopic (exact) mass is 440 g/mol. The van der Waals surface area contributed by atoms with E-state index in [4.69, 9.17) is 4.74 Å². The average Bonchev–Trinajstić information content (AvgIpc) is 3.47. The highest BCUT2D eigenvalue weighted by molar-refractivity contribution is 5.76. The molecular weight excluding hydrogens is 409 g/mol. The Morgan fingerprint density at radius 2 is 1.97 bits per heavy atom. The molecule has 0 fully saturated rings. The zero-order valence-corrected chi connectivity index (χ0v) is 18.7. The number of hydrogen-bond acceptors (Lipinski definition) is 5. The van der Waals surface area contributed by atoms with Crippen molar-refractivity contribution >= 4 is 5.97 Å².